The van der Waals surface area contributed by atoms with Gasteiger partial charge in [0.1, 0.15) is 0 Å². The predicted molar refractivity (Wildman–Crippen MR) is 99.0 cm³/mol. The molecule has 23 heavy (non-hydrogen) atoms. The van der Waals surface area contributed by atoms with Crippen LogP contribution in [0.2, 0.25) is 0 Å². The normalized spacial score (nSPS) is 18.3. The van der Waals surface area contributed by atoms with Crippen molar-refractivity contribution >= 4 is 0 Å². The van der Waals surface area contributed by atoms with E-state index in [0.717, 1.165) is 6.42 Å². The van der Waals surface area contributed by atoms with Gasteiger partial charge in [0.05, 0.1) is 0 Å². The summed E-state index contributed by atoms with van der Waals surface area (Å²) in [7, 11) is 0. The average Bonchev–Trinajstić information content (AvgIpc) is 2.94. The Morgan fingerprint density at radius 2 is 1.17 bits per heavy atom. The van der Waals surface area contributed by atoms with Crippen molar-refractivity contribution in [1.82, 2.24) is 0 Å². The summed E-state index contributed by atoms with van der Waals surface area (Å²) in [6.45, 7) is 0. The first-order chi connectivity index (χ1) is 11.4. The zero-order valence-corrected chi connectivity index (χ0v) is 14.2. The highest BCUT2D eigenvalue weighted by Gasteiger charge is 2.22. The average molecular weight is 304 g/mol. The molecule has 0 amide bonds. The summed E-state index contributed by atoms with van der Waals surface area (Å²) >= 11 is 0. The third-order valence-electron chi connectivity index (χ3n) is 5.83. The Hall–Kier alpha value is -1.56. The van der Waals surface area contributed by atoms with Gasteiger partial charge in [0, 0.05) is 0 Å². The molecule has 0 atom stereocenters. The molecule has 0 heterocycles. The largest absolute Gasteiger partial charge is 0.0619 e. The third kappa shape index (κ3) is 3.09. The number of hydrogen-bond acceptors (Lipinski definition) is 0. The van der Waals surface area contributed by atoms with Crippen LogP contribution in [0.1, 0.15) is 73.6 Å². The molecule has 0 radical (unpaired) electrons. The van der Waals surface area contributed by atoms with Gasteiger partial charge < -0.3 is 0 Å². The summed E-state index contributed by atoms with van der Waals surface area (Å²) in [6, 6.07) is 13.9. The Morgan fingerprint density at radius 1 is 0.478 bits per heavy atom. The molecule has 120 valence electrons. The zero-order chi connectivity index (χ0) is 15.5. The number of fused-ring (bicyclic) bond motifs is 5. The molecule has 0 fully saturated rings. The number of hydrogen-bond donors (Lipinski definition) is 0. The van der Waals surface area contributed by atoms with Crippen LogP contribution in [0.15, 0.2) is 36.4 Å². The standard InChI is InChI=1S/C23H28/c1-2-4-6-8-13-20-18(11-7-5-3-1)15-16-22-21-14-10-9-12-19(21)17-23(20)22/h9-10,12,14-16H,1-8,11,13,17H2. The molecule has 2 aliphatic carbocycles. The van der Waals surface area contributed by atoms with E-state index < -0.39 is 0 Å². The van der Waals surface area contributed by atoms with Crippen LogP contribution in [0.5, 0.6) is 0 Å². The van der Waals surface area contributed by atoms with Gasteiger partial charge in [-0.05, 0) is 65.5 Å². The molecule has 0 unspecified atom stereocenters. The van der Waals surface area contributed by atoms with Crippen molar-refractivity contribution in [3.05, 3.63) is 58.7 Å². The van der Waals surface area contributed by atoms with Crippen LogP contribution in [-0.4, -0.2) is 0 Å². The quantitative estimate of drug-likeness (QED) is 0.446. The van der Waals surface area contributed by atoms with Gasteiger partial charge in [-0.3, -0.25) is 0 Å². The van der Waals surface area contributed by atoms with Gasteiger partial charge in [0.25, 0.3) is 0 Å². The lowest BCUT2D eigenvalue weighted by molar-refractivity contribution is 0.559. The van der Waals surface area contributed by atoms with E-state index in [4.69, 9.17) is 0 Å². The third-order valence-corrected chi connectivity index (χ3v) is 5.83. The van der Waals surface area contributed by atoms with Crippen molar-refractivity contribution in [2.75, 3.05) is 0 Å². The molecule has 2 aromatic rings. The molecule has 0 nitrogen and oxygen atoms in total. The molecule has 0 N–H and O–H groups in total. The van der Waals surface area contributed by atoms with Crippen molar-refractivity contribution in [2.45, 2.75) is 70.6 Å². The lowest BCUT2D eigenvalue weighted by Crippen LogP contribution is -2.02. The Labute approximate surface area is 140 Å². The summed E-state index contributed by atoms with van der Waals surface area (Å²) in [5.74, 6) is 0. The molecule has 0 bridgehead atoms. The Balaban J connectivity index is 1.68. The van der Waals surface area contributed by atoms with Gasteiger partial charge in [-0.25, -0.2) is 0 Å². The maximum Gasteiger partial charge on any atom is -0.00106 e. The van der Waals surface area contributed by atoms with E-state index in [0.29, 0.717) is 0 Å². The molecule has 0 aliphatic heterocycles. The molecule has 0 heteroatoms. The van der Waals surface area contributed by atoms with Crippen LogP contribution in [0.4, 0.5) is 0 Å². The fourth-order valence-corrected chi connectivity index (χ4v) is 4.55. The minimum atomic E-state index is 1.16. The van der Waals surface area contributed by atoms with E-state index >= 15 is 0 Å². The first-order valence-corrected chi connectivity index (χ1v) is 9.65. The van der Waals surface area contributed by atoms with Crippen molar-refractivity contribution in [3.63, 3.8) is 0 Å². The van der Waals surface area contributed by atoms with Crippen LogP contribution in [0.25, 0.3) is 11.1 Å². The van der Waals surface area contributed by atoms with Crippen molar-refractivity contribution in [2.24, 2.45) is 0 Å². The number of benzene rings is 2. The van der Waals surface area contributed by atoms with Crippen LogP contribution >= 0.6 is 0 Å². The van der Waals surface area contributed by atoms with E-state index in [-0.39, 0.29) is 0 Å². The Kier molecular flexibility index (Phi) is 4.50. The highest BCUT2D eigenvalue weighted by Crippen LogP contribution is 2.40. The smallest absolute Gasteiger partial charge is 0.00106 e. The molecule has 4 rings (SSSR count). The van der Waals surface area contributed by atoms with Crippen LogP contribution in [0.3, 0.4) is 0 Å². The van der Waals surface area contributed by atoms with E-state index in [1.165, 1.54) is 80.9 Å². The molecular formula is C23H28. The number of aryl methyl sites for hydroxylation is 1. The highest BCUT2D eigenvalue weighted by molar-refractivity contribution is 5.78. The second kappa shape index (κ2) is 6.91. The fraction of sp³-hybridized carbons (Fsp3) is 0.478. The first-order valence-electron chi connectivity index (χ1n) is 9.65. The van der Waals surface area contributed by atoms with Gasteiger partial charge in [-0.1, -0.05) is 74.9 Å². The highest BCUT2D eigenvalue weighted by atomic mass is 14.3. The van der Waals surface area contributed by atoms with Crippen molar-refractivity contribution in [3.8, 4) is 11.1 Å². The van der Waals surface area contributed by atoms with Gasteiger partial charge in [-0.15, -0.1) is 0 Å². The maximum atomic E-state index is 2.45. The van der Waals surface area contributed by atoms with Gasteiger partial charge in [0.2, 0.25) is 0 Å². The zero-order valence-electron chi connectivity index (χ0n) is 14.2. The summed E-state index contributed by atoms with van der Waals surface area (Å²) < 4.78 is 0. The van der Waals surface area contributed by atoms with Crippen molar-refractivity contribution in [1.29, 1.82) is 0 Å². The molecule has 0 aromatic heterocycles. The topological polar surface area (TPSA) is 0 Å². The van der Waals surface area contributed by atoms with Gasteiger partial charge in [0.15, 0.2) is 0 Å². The predicted octanol–water partition coefficient (Wildman–Crippen LogP) is 6.48. The molecule has 2 aliphatic rings. The molecule has 0 spiro atoms. The van der Waals surface area contributed by atoms with Crippen LogP contribution in [0, 0.1) is 0 Å². The lowest BCUT2D eigenvalue weighted by atomic mass is 9.89. The van der Waals surface area contributed by atoms with Crippen molar-refractivity contribution < 1.29 is 0 Å². The minimum absolute atomic E-state index is 1.16. The Morgan fingerprint density at radius 3 is 2.00 bits per heavy atom. The van der Waals surface area contributed by atoms with E-state index in [1.807, 2.05) is 0 Å². The summed E-state index contributed by atoms with van der Waals surface area (Å²) in [6.07, 6.45) is 15.1. The molecular weight excluding hydrogens is 276 g/mol. The Bertz CT molecular complexity index is 680. The van der Waals surface area contributed by atoms with E-state index in [1.54, 1.807) is 16.7 Å². The molecule has 2 aromatic carbocycles. The number of rotatable bonds is 0. The SMILES string of the molecule is c1ccc2c(c1)Cc1c-2ccc2c1CCCCCCCCCC2. The minimum Gasteiger partial charge on any atom is -0.0619 e. The molecule has 0 saturated heterocycles. The van der Waals surface area contributed by atoms with Crippen LogP contribution in [-0.2, 0) is 19.3 Å². The maximum absolute atomic E-state index is 2.45. The van der Waals surface area contributed by atoms with Crippen LogP contribution < -0.4 is 0 Å². The monoisotopic (exact) mass is 304 g/mol. The second-order valence-electron chi connectivity index (χ2n) is 7.39. The molecule has 0 saturated carbocycles. The fourth-order valence-electron chi connectivity index (χ4n) is 4.55. The van der Waals surface area contributed by atoms with Gasteiger partial charge in [-0.2, -0.15) is 0 Å². The van der Waals surface area contributed by atoms with Gasteiger partial charge >= 0.3 is 0 Å². The lowest BCUT2D eigenvalue weighted by Gasteiger charge is -2.16. The summed E-state index contributed by atoms with van der Waals surface area (Å²) in [5.41, 5.74) is 9.54. The summed E-state index contributed by atoms with van der Waals surface area (Å²) in [5, 5.41) is 0. The first kappa shape index (κ1) is 15.0. The second-order valence-corrected chi connectivity index (χ2v) is 7.39. The van der Waals surface area contributed by atoms with E-state index in [9.17, 15) is 0 Å². The van der Waals surface area contributed by atoms with E-state index in [2.05, 4.69) is 36.4 Å². The summed E-state index contributed by atoms with van der Waals surface area (Å²) in [4.78, 5) is 0.